The van der Waals surface area contributed by atoms with E-state index in [0.717, 1.165) is 23.5 Å². The molecular weight excluding hydrogens is 232 g/mol. The van der Waals surface area contributed by atoms with Crippen LogP contribution in [0.15, 0.2) is 5.38 Å². The summed E-state index contributed by atoms with van der Waals surface area (Å²) in [5.41, 5.74) is 0.934. The molecule has 1 N–H and O–H groups in total. The van der Waals surface area contributed by atoms with Crippen molar-refractivity contribution in [3.8, 4) is 0 Å². The van der Waals surface area contributed by atoms with E-state index in [4.69, 9.17) is 11.6 Å². The first-order chi connectivity index (χ1) is 7.22. The molecule has 0 aliphatic rings. The number of aromatic nitrogens is 1. The lowest BCUT2D eigenvalue weighted by Gasteiger charge is -2.02. The molecule has 0 radical (unpaired) electrons. The van der Waals surface area contributed by atoms with Crippen molar-refractivity contribution < 1.29 is 4.79 Å². The number of thiazole rings is 1. The number of amides is 1. The van der Waals surface area contributed by atoms with Crippen molar-refractivity contribution in [2.45, 2.75) is 32.7 Å². The number of alkyl halides is 1. The van der Waals surface area contributed by atoms with Crippen molar-refractivity contribution in [2.75, 3.05) is 5.88 Å². The molecule has 1 amide bonds. The molecule has 0 atom stereocenters. The molecule has 0 fully saturated rings. The highest BCUT2D eigenvalue weighted by atomic mass is 35.5. The van der Waals surface area contributed by atoms with Crippen LogP contribution in [0, 0.1) is 6.92 Å². The minimum Gasteiger partial charge on any atom is -0.350 e. The molecule has 3 nitrogen and oxygen atoms in total. The van der Waals surface area contributed by atoms with E-state index in [2.05, 4.69) is 10.3 Å². The zero-order valence-corrected chi connectivity index (χ0v) is 10.3. The first kappa shape index (κ1) is 12.5. The van der Waals surface area contributed by atoms with Crippen molar-refractivity contribution in [1.29, 1.82) is 0 Å². The maximum atomic E-state index is 11.3. The maximum absolute atomic E-state index is 11.3. The van der Waals surface area contributed by atoms with Gasteiger partial charge in [0.2, 0.25) is 5.91 Å². The van der Waals surface area contributed by atoms with Gasteiger partial charge in [0.25, 0.3) is 0 Å². The summed E-state index contributed by atoms with van der Waals surface area (Å²) in [4.78, 5) is 15.6. The van der Waals surface area contributed by atoms with Gasteiger partial charge in [-0.3, -0.25) is 4.79 Å². The molecule has 0 aliphatic heterocycles. The molecule has 0 aliphatic carbocycles. The van der Waals surface area contributed by atoms with E-state index >= 15 is 0 Å². The Morgan fingerprint density at radius 2 is 2.40 bits per heavy atom. The fourth-order valence-corrected chi connectivity index (χ4v) is 1.95. The fourth-order valence-electron chi connectivity index (χ4n) is 1.15. The highest BCUT2D eigenvalue weighted by Gasteiger charge is 2.02. The van der Waals surface area contributed by atoms with E-state index in [-0.39, 0.29) is 5.91 Å². The van der Waals surface area contributed by atoms with Crippen LogP contribution >= 0.6 is 22.9 Å². The number of hydrogen-bond acceptors (Lipinski definition) is 3. The predicted molar refractivity (Wildman–Crippen MR) is 63.3 cm³/mol. The van der Waals surface area contributed by atoms with Crippen molar-refractivity contribution in [2.24, 2.45) is 0 Å². The van der Waals surface area contributed by atoms with Gasteiger partial charge in [0, 0.05) is 17.7 Å². The second kappa shape index (κ2) is 6.80. The minimum absolute atomic E-state index is 0.0748. The van der Waals surface area contributed by atoms with Crippen LogP contribution in [0.2, 0.25) is 0 Å². The van der Waals surface area contributed by atoms with E-state index in [0.29, 0.717) is 18.8 Å². The summed E-state index contributed by atoms with van der Waals surface area (Å²) >= 11 is 7.12. The summed E-state index contributed by atoms with van der Waals surface area (Å²) < 4.78 is 0. The highest BCUT2D eigenvalue weighted by molar-refractivity contribution is 7.09. The third kappa shape index (κ3) is 5.14. The van der Waals surface area contributed by atoms with Gasteiger partial charge in [-0.05, 0) is 19.8 Å². The Morgan fingerprint density at radius 1 is 1.60 bits per heavy atom. The Labute approximate surface area is 98.9 Å². The zero-order chi connectivity index (χ0) is 11.1. The first-order valence-corrected chi connectivity index (χ1v) is 6.37. The van der Waals surface area contributed by atoms with Crippen molar-refractivity contribution in [1.82, 2.24) is 10.3 Å². The molecule has 0 bridgehead atoms. The molecule has 0 aromatic carbocycles. The van der Waals surface area contributed by atoms with Crippen LogP contribution in [0.25, 0.3) is 0 Å². The fraction of sp³-hybridized carbons (Fsp3) is 0.600. The van der Waals surface area contributed by atoms with Crippen LogP contribution in [0.5, 0.6) is 0 Å². The molecule has 0 unspecified atom stereocenters. The molecule has 0 spiro atoms. The minimum atomic E-state index is 0.0748. The van der Waals surface area contributed by atoms with Gasteiger partial charge in [0.15, 0.2) is 0 Å². The van der Waals surface area contributed by atoms with Gasteiger partial charge in [-0.25, -0.2) is 4.98 Å². The van der Waals surface area contributed by atoms with Gasteiger partial charge in [-0.1, -0.05) is 0 Å². The van der Waals surface area contributed by atoms with Gasteiger partial charge < -0.3 is 5.32 Å². The third-order valence-electron chi connectivity index (χ3n) is 1.92. The topological polar surface area (TPSA) is 42.0 Å². The lowest BCUT2D eigenvalue weighted by molar-refractivity contribution is -0.121. The van der Waals surface area contributed by atoms with E-state index in [1.54, 1.807) is 11.3 Å². The summed E-state index contributed by atoms with van der Waals surface area (Å²) in [5, 5.41) is 5.83. The average Bonchev–Trinajstić information content (AvgIpc) is 2.62. The molecule has 0 saturated heterocycles. The Morgan fingerprint density at radius 3 is 3.00 bits per heavy atom. The van der Waals surface area contributed by atoms with Crippen LogP contribution in [-0.4, -0.2) is 16.8 Å². The van der Waals surface area contributed by atoms with Crippen LogP contribution < -0.4 is 5.32 Å². The van der Waals surface area contributed by atoms with Crippen LogP contribution in [0.4, 0.5) is 0 Å². The molecule has 1 aromatic rings. The monoisotopic (exact) mass is 246 g/mol. The maximum Gasteiger partial charge on any atom is 0.220 e. The van der Waals surface area contributed by atoms with Gasteiger partial charge in [0.1, 0.15) is 0 Å². The second-order valence-corrected chi connectivity index (χ2v) is 4.72. The van der Waals surface area contributed by atoms with Gasteiger partial charge in [0.05, 0.1) is 17.2 Å². The Balaban J connectivity index is 2.16. The average molecular weight is 247 g/mol. The summed E-state index contributed by atoms with van der Waals surface area (Å²) in [7, 11) is 0. The van der Waals surface area contributed by atoms with E-state index in [9.17, 15) is 4.79 Å². The van der Waals surface area contributed by atoms with Crippen molar-refractivity contribution in [3.05, 3.63) is 16.1 Å². The molecule has 15 heavy (non-hydrogen) atoms. The molecule has 5 heteroatoms. The molecule has 1 aromatic heterocycles. The molecular formula is C10H15ClN2OS. The summed E-state index contributed by atoms with van der Waals surface area (Å²) in [6.07, 6.45) is 2.30. The summed E-state index contributed by atoms with van der Waals surface area (Å²) in [5.74, 6) is 0.698. The second-order valence-electron chi connectivity index (χ2n) is 3.28. The molecule has 0 saturated carbocycles. The number of hydrogen-bond donors (Lipinski definition) is 1. The Kier molecular flexibility index (Phi) is 5.65. The van der Waals surface area contributed by atoms with Crippen molar-refractivity contribution >= 4 is 28.8 Å². The summed E-state index contributed by atoms with van der Waals surface area (Å²) in [6.45, 7) is 2.49. The van der Waals surface area contributed by atoms with E-state index in [1.165, 1.54) is 0 Å². The molecule has 1 heterocycles. The number of nitrogens with zero attached hydrogens (tertiary/aromatic N) is 1. The normalized spacial score (nSPS) is 10.3. The number of carbonyl (C=O) groups excluding carboxylic acids is 1. The summed E-state index contributed by atoms with van der Waals surface area (Å²) in [6, 6.07) is 0. The standard InChI is InChI=1S/C10H15ClN2OS/c1-8-13-9(7-15-8)6-12-10(14)4-2-3-5-11/h7H,2-6H2,1H3,(H,12,14). The number of rotatable bonds is 6. The number of aryl methyl sites for hydroxylation is 1. The van der Waals surface area contributed by atoms with Gasteiger partial charge in [-0.15, -0.1) is 22.9 Å². The lowest BCUT2D eigenvalue weighted by atomic mass is 10.2. The number of unbranched alkanes of at least 4 members (excludes halogenated alkanes) is 1. The lowest BCUT2D eigenvalue weighted by Crippen LogP contribution is -2.22. The SMILES string of the molecule is Cc1nc(CNC(=O)CCCCCl)cs1. The van der Waals surface area contributed by atoms with Crippen LogP contribution in [0.3, 0.4) is 0 Å². The zero-order valence-electron chi connectivity index (χ0n) is 8.75. The Bertz CT molecular complexity index is 314. The smallest absolute Gasteiger partial charge is 0.220 e. The molecule has 84 valence electrons. The number of halogens is 1. The van der Waals surface area contributed by atoms with E-state index < -0.39 is 0 Å². The van der Waals surface area contributed by atoms with Crippen LogP contribution in [0.1, 0.15) is 30.0 Å². The van der Waals surface area contributed by atoms with Gasteiger partial charge in [-0.2, -0.15) is 0 Å². The quantitative estimate of drug-likeness (QED) is 0.619. The van der Waals surface area contributed by atoms with Gasteiger partial charge >= 0.3 is 0 Å². The first-order valence-electron chi connectivity index (χ1n) is 4.96. The third-order valence-corrected chi connectivity index (χ3v) is 3.01. The molecule has 1 rings (SSSR count). The number of carbonyl (C=O) groups is 1. The van der Waals surface area contributed by atoms with Crippen LogP contribution in [-0.2, 0) is 11.3 Å². The van der Waals surface area contributed by atoms with E-state index in [1.807, 2.05) is 12.3 Å². The van der Waals surface area contributed by atoms with Crippen molar-refractivity contribution in [3.63, 3.8) is 0 Å². The Hall–Kier alpha value is -0.610. The predicted octanol–water partition coefficient (Wildman–Crippen LogP) is 2.48. The highest BCUT2D eigenvalue weighted by Crippen LogP contribution is 2.07. The largest absolute Gasteiger partial charge is 0.350 e. The number of nitrogens with one attached hydrogen (secondary N) is 1.